The SMILES string of the molecule is C[C@@H]1CN(CCSc2nnc(-c3ccc(F)cc3)n2C)CCO1. The van der Waals surface area contributed by atoms with Gasteiger partial charge in [-0.3, -0.25) is 4.90 Å². The zero-order valence-corrected chi connectivity index (χ0v) is 14.2. The quantitative estimate of drug-likeness (QED) is 0.785. The monoisotopic (exact) mass is 336 g/mol. The van der Waals surface area contributed by atoms with Gasteiger partial charge in [0.05, 0.1) is 12.7 Å². The second-order valence-electron chi connectivity index (χ2n) is 5.70. The van der Waals surface area contributed by atoms with E-state index in [9.17, 15) is 4.39 Å². The van der Waals surface area contributed by atoms with Gasteiger partial charge in [0.1, 0.15) is 5.82 Å². The van der Waals surface area contributed by atoms with Gasteiger partial charge in [-0.1, -0.05) is 11.8 Å². The van der Waals surface area contributed by atoms with E-state index in [1.165, 1.54) is 12.1 Å². The molecule has 0 saturated carbocycles. The van der Waals surface area contributed by atoms with Crippen molar-refractivity contribution in [3.8, 4) is 11.4 Å². The zero-order valence-electron chi connectivity index (χ0n) is 13.4. The Bertz CT molecular complexity index is 646. The smallest absolute Gasteiger partial charge is 0.191 e. The molecule has 0 spiro atoms. The molecule has 2 aromatic rings. The third-order valence-corrected chi connectivity index (χ3v) is 4.90. The van der Waals surface area contributed by atoms with Gasteiger partial charge in [-0.25, -0.2) is 4.39 Å². The Balaban J connectivity index is 1.58. The first-order valence-corrected chi connectivity index (χ1v) is 8.74. The molecule has 1 saturated heterocycles. The highest BCUT2D eigenvalue weighted by Crippen LogP contribution is 2.23. The minimum atomic E-state index is -0.245. The molecule has 2 heterocycles. The molecule has 1 fully saturated rings. The number of hydrogen-bond acceptors (Lipinski definition) is 5. The maximum Gasteiger partial charge on any atom is 0.191 e. The number of aromatic nitrogens is 3. The van der Waals surface area contributed by atoms with Crippen LogP contribution in [0.4, 0.5) is 4.39 Å². The number of halogens is 1. The molecule has 0 amide bonds. The lowest BCUT2D eigenvalue weighted by atomic mass is 10.2. The van der Waals surface area contributed by atoms with E-state index in [2.05, 4.69) is 22.0 Å². The maximum atomic E-state index is 13.0. The first-order chi connectivity index (χ1) is 11.1. The van der Waals surface area contributed by atoms with Gasteiger partial charge in [-0.05, 0) is 31.2 Å². The van der Waals surface area contributed by atoms with Crippen molar-refractivity contribution in [2.45, 2.75) is 18.2 Å². The normalized spacial score (nSPS) is 19.2. The molecule has 1 aromatic heterocycles. The molecular formula is C16H21FN4OS. The molecule has 23 heavy (non-hydrogen) atoms. The molecule has 0 bridgehead atoms. The number of hydrogen-bond donors (Lipinski definition) is 0. The highest BCUT2D eigenvalue weighted by atomic mass is 32.2. The minimum Gasteiger partial charge on any atom is -0.376 e. The summed E-state index contributed by atoms with van der Waals surface area (Å²) in [4.78, 5) is 2.42. The van der Waals surface area contributed by atoms with Crippen LogP contribution in [0.25, 0.3) is 11.4 Å². The number of morpholine rings is 1. The molecular weight excluding hydrogens is 315 g/mol. The summed E-state index contributed by atoms with van der Waals surface area (Å²) < 4.78 is 20.5. The van der Waals surface area contributed by atoms with Gasteiger partial charge in [0, 0.05) is 38.0 Å². The molecule has 1 aliphatic heterocycles. The number of benzene rings is 1. The molecule has 0 N–H and O–H groups in total. The van der Waals surface area contributed by atoms with Crippen molar-refractivity contribution in [3.05, 3.63) is 30.1 Å². The van der Waals surface area contributed by atoms with Crippen LogP contribution in [0.3, 0.4) is 0 Å². The summed E-state index contributed by atoms with van der Waals surface area (Å²) in [7, 11) is 1.94. The second kappa shape index (κ2) is 7.42. The van der Waals surface area contributed by atoms with Crippen LogP contribution in [0, 0.1) is 5.82 Å². The van der Waals surface area contributed by atoms with Crippen LogP contribution in [-0.4, -0.2) is 57.8 Å². The Labute approximate surface area is 139 Å². The fourth-order valence-electron chi connectivity index (χ4n) is 2.65. The largest absolute Gasteiger partial charge is 0.376 e. The highest BCUT2D eigenvalue weighted by Gasteiger charge is 2.17. The van der Waals surface area contributed by atoms with E-state index >= 15 is 0 Å². The van der Waals surface area contributed by atoms with Crippen LogP contribution < -0.4 is 0 Å². The Hall–Kier alpha value is -1.44. The fourth-order valence-corrected chi connectivity index (χ4v) is 3.56. The molecule has 0 unspecified atom stereocenters. The summed E-state index contributed by atoms with van der Waals surface area (Å²) in [5, 5.41) is 9.36. The fraction of sp³-hybridized carbons (Fsp3) is 0.500. The van der Waals surface area contributed by atoms with E-state index in [1.54, 1.807) is 23.9 Å². The molecule has 1 aromatic carbocycles. The van der Waals surface area contributed by atoms with Crippen LogP contribution in [0.2, 0.25) is 0 Å². The van der Waals surface area contributed by atoms with E-state index in [1.807, 2.05) is 11.6 Å². The Morgan fingerprint density at radius 2 is 2.09 bits per heavy atom. The molecule has 1 aliphatic rings. The minimum absolute atomic E-state index is 0.245. The van der Waals surface area contributed by atoms with Crippen LogP contribution in [0.1, 0.15) is 6.92 Å². The number of rotatable bonds is 5. The van der Waals surface area contributed by atoms with Gasteiger partial charge in [0.25, 0.3) is 0 Å². The van der Waals surface area contributed by atoms with Crippen molar-refractivity contribution >= 4 is 11.8 Å². The first-order valence-electron chi connectivity index (χ1n) is 7.75. The topological polar surface area (TPSA) is 43.2 Å². The lowest BCUT2D eigenvalue weighted by molar-refractivity contribution is -0.0158. The van der Waals surface area contributed by atoms with Gasteiger partial charge < -0.3 is 9.30 Å². The lowest BCUT2D eigenvalue weighted by Gasteiger charge is -2.30. The van der Waals surface area contributed by atoms with E-state index in [0.29, 0.717) is 6.10 Å². The molecule has 3 rings (SSSR count). The summed E-state index contributed by atoms with van der Waals surface area (Å²) in [6, 6.07) is 6.33. The first kappa shape index (κ1) is 16.4. The molecule has 7 heteroatoms. The van der Waals surface area contributed by atoms with Crippen LogP contribution >= 0.6 is 11.8 Å². The van der Waals surface area contributed by atoms with E-state index in [0.717, 1.165) is 48.5 Å². The summed E-state index contributed by atoms with van der Waals surface area (Å²) in [5.41, 5.74) is 0.871. The van der Waals surface area contributed by atoms with Crippen molar-refractivity contribution in [3.63, 3.8) is 0 Å². The van der Waals surface area contributed by atoms with E-state index < -0.39 is 0 Å². The summed E-state index contributed by atoms with van der Waals surface area (Å²) in [5.74, 6) is 1.47. The summed E-state index contributed by atoms with van der Waals surface area (Å²) in [6.07, 6.45) is 0.314. The maximum absolute atomic E-state index is 13.0. The average molecular weight is 336 g/mol. The van der Waals surface area contributed by atoms with Crippen LogP contribution in [0.15, 0.2) is 29.4 Å². The predicted molar refractivity (Wildman–Crippen MR) is 89.0 cm³/mol. The molecule has 124 valence electrons. The van der Waals surface area contributed by atoms with Crippen molar-refractivity contribution < 1.29 is 9.13 Å². The third-order valence-electron chi connectivity index (χ3n) is 3.90. The predicted octanol–water partition coefficient (Wildman–Crippen LogP) is 2.43. The lowest BCUT2D eigenvalue weighted by Crippen LogP contribution is -2.42. The molecule has 5 nitrogen and oxygen atoms in total. The zero-order chi connectivity index (χ0) is 16.2. The standard InChI is InChI=1S/C16H21FN4OS/c1-12-11-21(7-9-22-12)8-10-23-16-19-18-15(20(16)2)13-3-5-14(17)6-4-13/h3-6,12H,7-11H2,1-2H3/t12-/m1/s1. The third kappa shape index (κ3) is 4.10. The van der Waals surface area contributed by atoms with Crippen molar-refractivity contribution in [1.82, 2.24) is 19.7 Å². The van der Waals surface area contributed by atoms with Gasteiger partial charge in [0.2, 0.25) is 0 Å². The van der Waals surface area contributed by atoms with E-state index in [-0.39, 0.29) is 5.82 Å². The van der Waals surface area contributed by atoms with Gasteiger partial charge in [-0.15, -0.1) is 10.2 Å². The summed E-state index contributed by atoms with van der Waals surface area (Å²) in [6.45, 7) is 5.91. The Kier molecular flexibility index (Phi) is 5.30. The molecule has 0 radical (unpaired) electrons. The number of ether oxygens (including phenoxy) is 1. The van der Waals surface area contributed by atoms with E-state index in [4.69, 9.17) is 4.74 Å². The van der Waals surface area contributed by atoms with Gasteiger partial charge in [-0.2, -0.15) is 0 Å². The average Bonchev–Trinajstić information content (AvgIpc) is 2.90. The van der Waals surface area contributed by atoms with Crippen molar-refractivity contribution in [2.24, 2.45) is 7.05 Å². The van der Waals surface area contributed by atoms with Gasteiger partial charge in [0.15, 0.2) is 11.0 Å². The molecule has 0 aliphatic carbocycles. The van der Waals surface area contributed by atoms with Crippen molar-refractivity contribution in [2.75, 3.05) is 32.0 Å². The highest BCUT2D eigenvalue weighted by molar-refractivity contribution is 7.99. The second-order valence-corrected chi connectivity index (χ2v) is 6.76. The van der Waals surface area contributed by atoms with Gasteiger partial charge >= 0.3 is 0 Å². The number of nitrogens with zero attached hydrogens (tertiary/aromatic N) is 4. The van der Waals surface area contributed by atoms with Crippen LogP contribution in [-0.2, 0) is 11.8 Å². The van der Waals surface area contributed by atoms with Crippen molar-refractivity contribution in [1.29, 1.82) is 0 Å². The Morgan fingerprint density at radius 3 is 2.83 bits per heavy atom. The summed E-state index contributed by atoms with van der Waals surface area (Å²) >= 11 is 1.69. The number of thioether (sulfide) groups is 1. The van der Waals surface area contributed by atoms with Crippen LogP contribution in [0.5, 0.6) is 0 Å². The Morgan fingerprint density at radius 1 is 1.30 bits per heavy atom. The molecule has 1 atom stereocenters.